The number of imidazole rings is 1. The Morgan fingerprint density at radius 1 is 1.05 bits per heavy atom. The molecule has 5 rings (SSSR count). The molecule has 0 unspecified atom stereocenters. The normalized spacial score (nSPS) is 11.6. The molecule has 0 bridgehead atoms. The Kier molecular flexibility index (Phi) is 6.57. The highest BCUT2D eigenvalue weighted by Crippen LogP contribution is 2.33. The molecule has 40 heavy (non-hydrogen) atoms. The number of carbonyl (C=O) groups excluding carboxylic acids is 1. The molecule has 0 aliphatic rings. The fraction of sp³-hybridized carbons (Fsp3) is 0.185. The van der Waals surface area contributed by atoms with Gasteiger partial charge >= 0.3 is 6.18 Å². The van der Waals surface area contributed by atoms with Gasteiger partial charge in [0, 0.05) is 42.7 Å². The minimum Gasteiger partial charge on any atom is -0.357 e. The Morgan fingerprint density at radius 2 is 1.82 bits per heavy atom. The molecule has 0 saturated carbocycles. The topological polar surface area (TPSA) is 130 Å². The summed E-state index contributed by atoms with van der Waals surface area (Å²) in [6.07, 6.45) is -1.63. The highest BCUT2D eigenvalue weighted by atomic mass is 19.4. The van der Waals surface area contributed by atoms with Crippen molar-refractivity contribution in [2.24, 2.45) is 7.05 Å². The third kappa shape index (κ3) is 5.00. The summed E-state index contributed by atoms with van der Waals surface area (Å²) in [7, 11) is 3.22. The second-order valence-electron chi connectivity index (χ2n) is 9.15. The van der Waals surface area contributed by atoms with Crippen molar-refractivity contribution in [3.05, 3.63) is 81.5 Å². The van der Waals surface area contributed by atoms with E-state index >= 15 is 0 Å². The number of alkyl halides is 3. The molecule has 0 fully saturated rings. The first kappa shape index (κ1) is 26.5. The van der Waals surface area contributed by atoms with Crippen LogP contribution in [-0.2, 0) is 13.2 Å². The van der Waals surface area contributed by atoms with E-state index in [1.807, 2.05) is 0 Å². The summed E-state index contributed by atoms with van der Waals surface area (Å²) in [5, 5.41) is 5.45. The van der Waals surface area contributed by atoms with E-state index in [1.165, 1.54) is 16.8 Å². The van der Waals surface area contributed by atoms with Crippen molar-refractivity contribution in [1.29, 1.82) is 0 Å². The maximum Gasteiger partial charge on any atom is 0.416 e. The molecule has 0 saturated heterocycles. The van der Waals surface area contributed by atoms with Crippen molar-refractivity contribution in [3.63, 3.8) is 0 Å². The zero-order chi connectivity index (χ0) is 28.8. The molecule has 1 amide bonds. The number of anilines is 2. The molecule has 3 N–H and O–H groups in total. The Morgan fingerprint density at radius 3 is 2.50 bits per heavy atom. The van der Waals surface area contributed by atoms with E-state index in [2.05, 4.69) is 35.6 Å². The Bertz CT molecular complexity index is 1840. The summed E-state index contributed by atoms with van der Waals surface area (Å²) in [6.45, 7) is 3.47. The predicted molar refractivity (Wildman–Crippen MR) is 144 cm³/mol. The molecule has 5 aromatic rings. The summed E-state index contributed by atoms with van der Waals surface area (Å²) in [5.41, 5.74) is 1.33. The van der Waals surface area contributed by atoms with E-state index in [-0.39, 0.29) is 28.3 Å². The summed E-state index contributed by atoms with van der Waals surface area (Å²) >= 11 is 0. The second-order valence-corrected chi connectivity index (χ2v) is 9.15. The Hall–Kier alpha value is -5.07. The van der Waals surface area contributed by atoms with Gasteiger partial charge in [0.15, 0.2) is 5.65 Å². The molecule has 0 aliphatic carbocycles. The lowest BCUT2D eigenvalue weighted by Gasteiger charge is -2.14. The van der Waals surface area contributed by atoms with Crippen LogP contribution >= 0.6 is 0 Å². The van der Waals surface area contributed by atoms with Crippen LogP contribution in [0.3, 0.4) is 0 Å². The molecule has 0 spiro atoms. The average Bonchev–Trinajstić information content (AvgIpc) is 3.37. The van der Waals surface area contributed by atoms with Gasteiger partial charge in [0.1, 0.15) is 17.0 Å². The van der Waals surface area contributed by atoms with Crippen molar-refractivity contribution < 1.29 is 18.0 Å². The molecule has 0 radical (unpaired) electrons. The Balaban J connectivity index is 1.53. The summed E-state index contributed by atoms with van der Waals surface area (Å²) in [6, 6.07) is 7.87. The number of aromatic nitrogens is 6. The third-order valence-corrected chi connectivity index (χ3v) is 6.28. The van der Waals surface area contributed by atoms with E-state index in [1.54, 1.807) is 52.3 Å². The molecule has 2 aromatic carbocycles. The van der Waals surface area contributed by atoms with Crippen molar-refractivity contribution in [1.82, 2.24) is 29.5 Å². The monoisotopic (exact) mass is 548 g/mol. The van der Waals surface area contributed by atoms with Crippen molar-refractivity contribution in [2.45, 2.75) is 20.0 Å². The number of nitrogens with zero attached hydrogens (tertiary/aromatic N) is 5. The van der Waals surface area contributed by atoms with Crippen LogP contribution in [0, 0.1) is 13.8 Å². The van der Waals surface area contributed by atoms with Gasteiger partial charge in [-0.3, -0.25) is 14.2 Å². The Labute approximate surface area is 225 Å². The second kappa shape index (κ2) is 9.91. The summed E-state index contributed by atoms with van der Waals surface area (Å²) in [5.74, 6) is -0.227. The number of aryl methyl sites for hydroxylation is 3. The van der Waals surface area contributed by atoms with Crippen molar-refractivity contribution in [3.8, 4) is 22.6 Å². The molecular formula is C27H23F3N8O2. The van der Waals surface area contributed by atoms with Crippen LogP contribution in [-0.4, -0.2) is 42.4 Å². The molecule has 0 atom stereocenters. The predicted octanol–water partition coefficient (Wildman–Crippen LogP) is 4.71. The van der Waals surface area contributed by atoms with Gasteiger partial charge in [0.2, 0.25) is 5.95 Å². The number of halogens is 3. The van der Waals surface area contributed by atoms with Crippen LogP contribution in [0.25, 0.3) is 33.8 Å². The minimum atomic E-state index is -4.68. The van der Waals surface area contributed by atoms with Crippen molar-refractivity contribution >= 4 is 28.7 Å². The van der Waals surface area contributed by atoms with Gasteiger partial charge in [0.05, 0.1) is 17.5 Å². The molecule has 10 nitrogen and oxygen atoms in total. The highest BCUT2D eigenvalue weighted by Gasteiger charge is 2.32. The number of amides is 1. The van der Waals surface area contributed by atoms with E-state index in [0.29, 0.717) is 33.9 Å². The number of H-pyrrole nitrogens is 1. The van der Waals surface area contributed by atoms with Crippen LogP contribution in [0.1, 0.15) is 27.2 Å². The lowest BCUT2D eigenvalue weighted by Crippen LogP contribution is -2.22. The molecule has 0 aliphatic heterocycles. The summed E-state index contributed by atoms with van der Waals surface area (Å²) < 4.78 is 42.3. The number of nitrogens with one attached hydrogen (secondary N) is 3. The van der Waals surface area contributed by atoms with Gasteiger partial charge in [0.25, 0.3) is 11.5 Å². The average molecular weight is 549 g/mol. The first-order valence-electron chi connectivity index (χ1n) is 12.0. The van der Waals surface area contributed by atoms with Gasteiger partial charge in [-0.05, 0) is 49.7 Å². The number of hydrogen-bond donors (Lipinski definition) is 3. The fourth-order valence-electron chi connectivity index (χ4n) is 4.19. The van der Waals surface area contributed by atoms with Crippen LogP contribution < -0.4 is 16.2 Å². The van der Waals surface area contributed by atoms with Gasteiger partial charge in [-0.1, -0.05) is 6.07 Å². The first-order valence-corrected chi connectivity index (χ1v) is 12.0. The van der Waals surface area contributed by atoms with E-state index < -0.39 is 23.2 Å². The van der Waals surface area contributed by atoms with Gasteiger partial charge in [-0.25, -0.2) is 15.0 Å². The van der Waals surface area contributed by atoms with Gasteiger partial charge in [-0.2, -0.15) is 18.2 Å². The molecule has 13 heteroatoms. The first-order chi connectivity index (χ1) is 18.9. The summed E-state index contributed by atoms with van der Waals surface area (Å²) in [4.78, 5) is 46.3. The third-order valence-electron chi connectivity index (χ3n) is 6.28. The van der Waals surface area contributed by atoms with Crippen LogP contribution in [0.4, 0.5) is 24.8 Å². The van der Waals surface area contributed by atoms with E-state index in [4.69, 9.17) is 0 Å². The molecule has 3 aromatic heterocycles. The van der Waals surface area contributed by atoms with Crippen LogP contribution in [0.5, 0.6) is 0 Å². The van der Waals surface area contributed by atoms with Crippen molar-refractivity contribution in [2.75, 3.05) is 17.7 Å². The van der Waals surface area contributed by atoms with E-state index in [9.17, 15) is 22.8 Å². The lowest BCUT2D eigenvalue weighted by atomic mass is 10.0. The van der Waals surface area contributed by atoms with Gasteiger partial charge in [-0.15, -0.1) is 0 Å². The largest absolute Gasteiger partial charge is 0.416 e. The molecular weight excluding hydrogens is 525 g/mol. The highest BCUT2D eigenvalue weighted by molar-refractivity contribution is 6.05. The maximum atomic E-state index is 13.7. The number of rotatable bonds is 5. The number of aromatic amines is 1. The SMILES string of the molecule is CNc1ncc2nc(-c3cc(NC(=O)c4cc(-c5nc(C)c[nH]5)cc(C(F)(F)F)c4)ccc3C)c(=O)n(C)c2n1. The number of hydrogen-bond acceptors (Lipinski definition) is 7. The fourth-order valence-corrected chi connectivity index (χ4v) is 4.19. The number of fused-ring (bicyclic) bond motifs is 1. The lowest BCUT2D eigenvalue weighted by molar-refractivity contribution is -0.137. The number of benzene rings is 2. The standard InChI is InChI=1S/C27H23F3N8O2/c1-13-5-6-18(10-19(13)21-25(40)38(4)23-20(36-21)12-33-26(31-3)37-23)35-24(39)16-7-15(22-32-11-14(2)34-22)8-17(9-16)27(28,29)30/h5-12H,1-4H3,(H,32,34)(H,35,39)(H,31,33,37). The molecule has 3 heterocycles. The van der Waals surface area contributed by atoms with Crippen LogP contribution in [0.2, 0.25) is 0 Å². The molecule has 204 valence electrons. The van der Waals surface area contributed by atoms with Crippen LogP contribution in [0.15, 0.2) is 53.6 Å². The smallest absolute Gasteiger partial charge is 0.357 e. The quantitative estimate of drug-likeness (QED) is 0.290. The maximum absolute atomic E-state index is 13.7. The van der Waals surface area contributed by atoms with E-state index in [0.717, 1.165) is 12.1 Å². The zero-order valence-corrected chi connectivity index (χ0v) is 21.8. The zero-order valence-electron chi connectivity index (χ0n) is 21.8. The van der Waals surface area contributed by atoms with Gasteiger partial charge < -0.3 is 15.6 Å². The minimum absolute atomic E-state index is 0.110. The number of carbonyl (C=O) groups is 1.